The molecule has 0 saturated carbocycles. The lowest BCUT2D eigenvalue weighted by atomic mass is 10.3. The second-order valence-electron chi connectivity index (χ2n) is 2.91. The third-order valence-electron chi connectivity index (χ3n) is 1.66. The summed E-state index contributed by atoms with van der Waals surface area (Å²) >= 11 is 1.60. The van der Waals surface area contributed by atoms with E-state index >= 15 is 0 Å². The van der Waals surface area contributed by atoms with Gasteiger partial charge in [0.15, 0.2) is 0 Å². The van der Waals surface area contributed by atoms with Gasteiger partial charge in [-0.2, -0.15) is 11.8 Å². The maximum absolute atomic E-state index is 10.8. The molecule has 1 unspecified atom stereocenters. The number of hydrogen-bond donors (Lipinski definition) is 2. The second kappa shape index (κ2) is 9.30. The number of nitrogens with one attached hydrogen (secondary N) is 1. The summed E-state index contributed by atoms with van der Waals surface area (Å²) in [5, 5.41) is 11.8. The summed E-state index contributed by atoms with van der Waals surface area (Å²) < 4.78 is 4.88. The first kappa shape index (κ1) is 13.7. The van der Waals surface area contributed by atoms with Gasteiger partial charge >= 0.3 is 5.97 Å². The molecule has 0 fully saturated rings. The van der Waals surface area contributed by atoms with E-state index in [1.807, 2.05) is 6.92 Å². The molecular formula is C9H19NO3S. The first-order chi connectivity index (χ1) is 6.72. The van der Waals surface area contributed by atoms with E-state index in [9.17, 15) is 4.79 Å². The Bertz CT molecular complexity index is 155. The van der Waals surface area contributed by atoms with E-state index in [4.69, 9.17) is 9.84 Å². The maximum atomic E-state index is 10.8. The van der Waals surface area contributed by atoms with E-state index in [0.717, 1.165) is 18.7 Å². The van der Waals surface area contributed by atoms with Crippen molar-refractivity contribution in [2.75, 3.05) is 31.8 Å². The van der Waals surface area contributed by atoms with Gasteiger partial charge in [-0.15, -0.1) is 0 Å². The zero-order valence-corrected chi connectivity index (χ0v) is 9.60. The molecule has 0 aliphatic rings. The quantitative estimate of drug-likeness (QED) is 0.564. The van der Waals surface area contributed by atoms with Gasteiger partial charge in [-0.25, -0.2) is 0 Å². The van der Waals surface area contributed by atoms with E-state index in [1.54, 1.807) is 18.9 Å². The minimum absolute atomic E-state index is 0.434. The summed E-state index contributed by atoms with van der Waals surface area (Å²) in [7, 11) is 1.64. The molecule has 0 amide bonds. The summed E-state index contributed by atoms with van der Waals surface area (Å²) in [4.78, 5) is 10.8. The molecule has 0 spiro atoms. The molecule has 0 radical (unpaired) electrons. The molecule has 2 N–H and O–H groups in total. The molecule has 0 saturated heterocycles. The van der Waals surface area contributed by atoms with Gasteiger partial charge in [0.2, 0.25) is 0 Å². The lowest BCUT2D eigenvalue weighted by Gasteiger charge is -2.12. The molecule has 14 heavy (non-hydrogen) atoms. The molecule has 0 bridgehead atoms. The van der Waals surface area contributed by atoms with Crippen LogP contribution in [0.1, 0.15) is 13.3 Å². The number of rotatable bonds is 9. The van der Waals surface area contributed by atoms with Crippen molar-refractivity contribution in [1.82, 2.24) is 5.32 Å². The molecule has 0 heterocycles. The summed E-state index contributed by atoms with van der Waals surface area (Å²) in [6.07, 6.45) is 0.951. The largest absolute Gasteiger partial charge is 0.480 e. The minimum atomic E-state index is -0.775. The molecule has 4 nitrogen and oxygen atoms in total. The van der Waals surface area contributed by atoms with E-state index in [-0.39, 0.29) is 0 Å². The molecule has 0 rings (SSSR count). The lowest BCUT2D eigenvalue weighted by Crippen LogP contribution is -2.39. The van der Waals surface area contributed by atoms with Gasteiger partial charge in [0.1, 0.15) is 6.04 Å². The van der Waals surface area contributed by atoms with Gasteiger partial charge in [0, 0.05) is 18.6 Å². The van der Waals surface area contributed by atoms with E-state index < -0.39 is 12.0 Å². The van der Waals surface area contributed by atoms with Gasteiger partial charge in [-0.3, -0.25) is 4.79 Å². The predicted octanol–water partition coefficient (Wildman–Crippen LogP) is 0.819. The normalized spacial score (nSPS) is 12.7. The fourth-order valence-electron chi connectivity index (χ4n) is 0.880. The molecule has 1 atom stereocenters. The van der Waals surface area contributed by atoms with Crippen LogP contribution in [0.15, 0.2) is 0 Å². The molecule has 5 heteroatoms. The summed E-state index contributed by atoms with van der Waals surface area (Å²) in [6.45, 7) is 3.44. The Morgan fingerprint density at radius 2 is 2.36 bits per heavy atom. The maximum Gasteiger partial charge on any atom is 0.321 e. The van der Waals surface area contributed by atoms with Gasteiger partial charge in [-0.1, -0.05) is 6.92 Å². The monoisotopic (exact) mass is 221 g/mol. The van der Waals surface area contributed by atoms with Crippen molar-refractivity contribution in [3.63, 3.8) is 0 Å². The van der Waals surface area contributed by atoms with Crippen molar-refractivity contribution in [2.24, 2.45) is 0 Å². The van der Waals surface area contributed by atoms with Crippen LogP contribution in [0, 0.1) is 0 Å². The van der Waals surface area contributed by atoms with Crippen LogP contribution in [-0.4, -0.2) is 48.9 Å². The van der Waals surface area contributed by atoms with Crippen molar-refractivity contribution in [3.8, 4) is 0 Å². The number of carboxylic acid groups (broad SMARTS) is 1. The Morgan fingerprint density at radius 1 is 1.64 bits per heavy atom. The minimum Gasteiger partial charge on any atom is -0.480 e. The third-order valence-corrected chi connectivity index (χ3v) is 2.68. The SMILES string of the molecule is CCCNC(CSCCOC)C(=O)O. The highest BCUT2D eigenvalue weighted by molar-refractivity contribution is 7.99. The Kier molecular flexibility index (Phi) is 9.13. The lowest BCUT2D eigenvalue weighted by molar-refractivity contribution is -0.138. The average molecular weight is 221 g/mol. The number of carbonyl (C=O) groups is 1. The molecule has 0 aromatic carbocycles. The summed E-state index contributed by atoms with van der Waals surface area (Å²) in [5.41, 5.74) is 0. The topological polar surface area (TPSA) is 58.6 Å². The number of ether oxygens (including phenoxy) is 1. The van der Waals surface area contributed by atoms with Crippen LogP contribution in [0.2, 0.25) is 0 Å². The van der Waals surface area contributed by atoms with Crippen molar-refractivity contribution in [2.45, 2.75) is 19.4 Å². The number of aliphatic carboxylic acids is 1. The van der Waals surface area contributed by atoms with Gasteiger partial charge in [-0.05, 0) is 13.0 Å². The average Bonchev–Trinajstić information content (AvgIpc) is 2.16. The van der Waals surface area contributed by atoms with Crippen LogP contribution in [0.4, 0.5) is 0 Å². The van der Waals surface area contributed by atoms with Crippen molar-refractivity contribution in [3.05, 3.63) is 0 Å². The second-order valence-corrected chi connectivity index (χ2v) is 4.06. The van der Waals surface area contributed by atoms with E-state index in [1.165, 1.54) is 0 Å². The Morgan fingerprint density at radius 3 is 2.86 bits per heavy atom. The highest BCUT2D eigenvalue weighted by atomic mass is 32.2. The first-order valence-corrected chi connectivity index (χ1v) is 5.90. The molecule has 0 aromatic rings. The van der Waals surface area contributed by atoms with Crippen LogP contribution in [0.3, 0.4) is 0 Å². The molecule has 0 aromatic heterocycles. The Labute approximate surface area is 89.4 Å². The van der Waals surface area contributed by atoms with Crippen molar-refractivity contribution < 1.29 is 14.6 Å². The molecule has 84 valence electrons. The Hall–Kier alpha value is -0.260. The van der Waals surface area contributed by atoms with Crippen molar-refractivity contribution in [1.29, 1.82) is 0 Å². The molecule has 0 aliphatic heterocycles. The van der Waals surface area contributed by atoms with Crippen molar-refractivity contribution >= 4 is 17.7 Å². The van der Waals surface area contributed by atoms with Gasteiger partial charge in [0.05, 0.1) is 6.61 Å². The predicted molar refractivity (Wildman–Crippen MR) is 58.9 cm³/mol. The summed E-state index contributed by atoms with van der Waals surface area (Å²) in [6, 6.07) is -0.434. The highest BCUT2D eigenvalue weighted by Crippen LogP contribution is 2.03. The van der Waals surface area contributed by atoms with Crippen LogP contribution in [0.25, 0.3) is 0 Å². The van der Waals surface area contributed by atoms with Crippen LogP contribution < -0.4 is 5.32 Å². The van der Waals surface area contributed by atoms with E-state index in [0.29, 0.717) is 12.4 Å². The van der Waals surface area contributed by atoms with E-state index in [2.05, 4.69) is 5.32 Å². The highest BCUT2D eigenvalue weighted by Gasteiger charge is 2.15. The van der Waals surface area contributed by atoms with Gasteiger partial charge < -0.3 is 15.2 Å². The zero-order chi connectivity index (χ0) is 10.8. The molecular weight excluding hydrogens is 202 g/mol. The van der Waals surface area contributed by atoms with Crippen LogP contribution in [-0.2, 0) is 9.53 Å². The molecule has 0 aliphatic carbocycles. The number of methoxy groups -OCH3 is 1. The zero-order valence-electron chi connectivity index (χ0n) is 8.78. The number of thioether (sulfide) groups is 1. The number of carboxylic acids is 1. The third kappa shape index (κ3) is 7.17. The van der Waals surface area contributed by atoms with Gasteiger partial charge in [0.25, 0.3) is 0 Å². The van der Waals surface area contributed by atoms with Crippen LogP contribution >= 0.6 is 11.8 Å². The fourth-order valence-corrected chi connectivity index (χ4v) is 1.83. The Balaban J connectivity index is 3.57. The van der Waals surface area contributed by atoms with Crippen LogP contribution in [0.5, 0.6) is 0 Å². The number of hydrogen-bond acceptors (Lipinski definition) is 4. The first-order valence-electron chi connectivity index (χ1n) is 4.75. The standard InChI is InChI=1S/C9H19NO3S/c1-3-4-10-8(9(11)12)7-14-6-5-13-2/h8,10H,3-7H2,1-2H3,(H,11,12). The smallest absolute Gasteiger partial charge is 0.321 e. The summed E-state index contributed by atoms with van der Waals surface area (Å²) in [5.74, 6) is 0.663. The fraction of sp³-hybridized carbons (Fsp3) is 0.889.